The maximum absolute atomic E-state index is 12.8. The highest BCUT2D eigenvalue weighted by atomic mass is 32.2. The summed E-state index contributed by atoms with van der Waals surface area (Å²) in [6, 6.07) is -5.13. The summed E-state index contributed by atoms with van der Waals surface area (Å²) < 4.78 is 0. The van der Waals surface area contributed by atoms with E-state index >= 15 is 0 Å². The molecule has 5 unspecified atom stereocenters. The van der Waals surface area contributed by atoms with Gasteiger partial charge in [-0.15, -0.1) is 0 Å². The van der Waals surface area contributed by atoms with Gasteiger partial charge in [0.05, 0.1) is 18.9 Å². The topological polar surface area (TPSA) is 237 Å². The summed E-state index contributed by atoms with van der Waals surface area (Å²) in [5.74, 6) is -5.55. The number of carbonyl (C=O) groups excluding carboxylic acids is 5. The van der Waals surface area contributed by atoms with E-state index in [1.54, 1.807) is 13.8 Å². The standard InChI is InChI=1S/C19H34N6O7S/c1-4-9(2)15(18(30)24-12(19(31)32)8-14(22)27)25-17(29)11(7-13(21)26)23-16(28)10(20)5-6-33-3/h9-12,15H,4-8,20H2,1-3H3,(H2,21,26)(H2,22,27)(H,23,28)(H,24,30)(H,25,29)(H,31,32). The number of aliphatic carboxylic acids is 1. The number of primary amides is 2. The quantitative estimate of drug-likeness (QED) is 0.120. The minimum atomic E-state index is -1.59. The summed E-state index contributed by atoms with van der Waals surface area (Å²) in [6.07, 6.45) is 1.41. The Morgan fingerprint density at radius 3 is 1.85 bits per heavy atom. The van der Waals surface area contributed by atoms with E-state index in [9.17, 15) is 33.9 Å². The number of hydrogen-bond acceptors (Lipinski definition) is 8. The van der Waals surface area contributed by atoms with Crippen LogP contribution in [-0.2, 0) is 28.8 Å². The minimum Gasteiger partial charge on any atom is -0.480 e. The molecule has 0 heterocycles. The average Bonchev–Trinajstić information content (AvgIpc) is 2.72. The third-order valence-electron chi connectivity index (χ3n) is 4.82. The monoisotopic (exact) mass is 490 g/mol. The molecule has 188 valence electrons. The summed E-state index contributed by atoms with van der Waals surface area (Å²) in [4.78, 5) is 71.7. The SMILES string of the molecule is CCC(C)C(NC(=O)C(CC(N)=O)NC(=O)C(N)CCSC)C(=O)NC(CC(N)=O)C(=O)O. The van der Waals surface area contributed by atoms with Crippen LogP contribution in [0.3, 0.4) is 0 Å². The lowest BCUT2D eigenvalue weighted by molar-refractivity contribution is -0.144. The first kappa shape index (κ1) is 30.1. The molecule has 0 rings (SSSR count). The van der Waals surface area contributed by atoms with Gasteiger partial charge in [0.2, 0.25) is 29.5 Å². The molecule has 0 aliphatic heterocycles. The molecule has 14 heteroatoms. The van der Waals surface area contributed by atoms with Crippen molar-refractivity contribution in [2.24, 2.45) is 23.1 Å². The van der Waals surface area contributed by atoms with Crippen molar-refractivity contribution in [2.75, 3.05) is 12.0 Å². The first-order valence-corrected chi connectivity index (χ1v) is 11.7. The Hall–Kier alpha value is -2.87. The molecule has 33 heavy (non-hydrogen) atoms. The molecule has 0 aromatic heterocycles. The summed E-state index contributed by atoms with van der Waals surface area (Å²) in [5, 5.41) is 16.2. The molecular weight excluding hydrogens is 456 g/mol. The fourth-order valence-corrected chi connectivity index (χ4v) is 3.17. The average molecular weight is 491 g/mol. The van der Waals surface area contributed by atoms with E-state index in [-0.39, 0.29) is 0 Å². The lowest BCUT2D eigenvalue weighted by Crippen LogP contribution is -2.59. The zero-order chi connectivity index (χ0) is 25.7. The number of thioether (sulfide) groups is 1. The van der Waals surface area contributed by atoms with Gasteiger partial charge in [-0.3, -0.25) is 24.0 Å². The van der Waals surface area contributed by atoms with Gasteiger partial charge in [-0.25, -0.2) is 4.79 Å². The number of nitrogens with one attached hydrogen (secondary N) is 3. The van der Waals surface area contributed by atoms with E-state index < -0.39 is 78.4 Å². The molecule has 0 fully saturated rings. The van der Waals surface area contributed by atoms with Crippen molar-refractivity contribution in [3.63, 3.8) is 0 Å². The molecule has 5 amide bonds. The normalized spacial score (nSPS) is 15.3. The van der Waals surface area contributed by atoms with Crippen LogP contribution in [0.2, 0.25) is 0 Å². The first-order valence-electron chi connectivity index (χ1n) is 10.3. The Kier molecular flexibility index (Phi) is 13.7. The second kappa shape index (κ2) is 15.1. The molecule has 0 radical (unpaired) electrons. The van der Waals surface area contributed by atoms with Gasteiger partial charge in [-0.1, -0.05) is 20.3 Å². The highest BCUT2D eigenvalue weighted by Crippen LogP contribution is 2.10. The molecule has 5 atom stereocenters. The van der Waals surface area contributed by atoms with E-state index in [4.69, 9.17) is 17.2 Å². The Morgan fingerprint density at radius 1 is 0.879 bits per heavy atom. The second-order valence-corrected chi connectivity index (χ2v) is 8.55. The van der Waals surface area contributed by atoms with Crippen LogP contribution in [0.25, 0.3) is 0 Å². The second-order valence-electron chi connectivity index (χ2n) is 7.56. The lowest BCUT2D eigenvalue weighted by Gasteiger charge is -2.27. The molecule has 0 saturated heterocycles. The van der Waals surface area contributed by atoms with Crippen LogP contribution in [0.1, 0.15) is 39.5 Å². The van der Waals surface area contributed by atoms with Crippen molar-refractivity contribution < 1.29 is 33.9 Å². The first-order chi connectivity index (χ1) is 15.3. The van der Waals surface area contributed by atoms with Gasteiger partial charge in [-0.2, -0.15) is 11.8 Å². The Labute approximate surface area is 196 Å². The van der Waals surface area contributed by atoms with Gasteiger partial charge in [0.15, 0.2) is 0 Å². The minimum absolute atomic E-state index is 0.340. The Balaban J connectivity index is 5.55. The van der Waals surface area contributed by atoms with Crippen LogP contribution in [0, 0.1) is 5.92 Å². The van der Waals surface area contributed by atoms with E-state index in [0.29, 0.717) is 18.6 Å². The molecule has 0 aliphatic rings. The molecule has 10 N–H and O–H groups in total. The zero-order valence-electron chi connectivity index (χ0n) is 19.0. The van der Waals surface area contributed by atoms with Crippen molar-refractivity contribution in [1.82, 2.24) is 16.0 Å². The zero-order valence-corrected chi connectivity index (χ0v) is 19.8. The van der Waals surface area contributed by atoms with Crippen LogP contribution in [-0.4, -0.2) is 76.8 Å². The van der Waals surface area contributed by atoms with Crippen LogP contribution < -0.4 is 33.2 Å². The Morgan fingerprint density at radius 2 is 1.39 bits per heavy atom. The lowest BCUT2D eigenvalue weighted by atomic mass is 9.97. The van der Waals surface area contributed by atoms with Crippen LogP contribution in [0.4, 0.5) is 0 Å². The van der Waals surface area contributed by atoms with Gasteiger partial charge in [0.25, 0.3) is 0 Å². The molecule has 13 nitrogen and oxygen atoms in total. The van der Waals surface area contributed by atoms with E-state index in [2.05, 4.69) is 16.0 Å². The molecule has 0 spiro atoms. The Bertz CT molecular complexity index is 735. The number of carbonyl (C=O) groups is 6. The van der Waals surface area contributed by atoms with E-state index in [1.165, 1.54) is 11.8 Å². The van der Waals surface area contributed by atoms with E-state index in [1.807, 2.05) is 6.26 Å². The van der Waals surface area contributed by atoms with Crippen LogP contribution in [0.5, 0.6) is 0 Å². The van der Waals surface area contributed by atoms with Crippen molar-refractivity contribution in [1.29, 1.82) is 0 Å². The van der Waals surface area contributed by atoms with Gasteiger partial charge in [0.1, 0.15) is 18.1 Å². The van der Waals surface area contributed by atoms with Crippen LogP contribution in [0.15, 0.2) is 0 Å². The molecule has 0 bridgehead atoms. The van der Waals surface area contributed by atoms with E-state index in [0.717, 1.165) is 0 Å². The third kappa shape index (κ3) is 11.5. The number of carboxylic acids is 1. The third-order valence-corrected chi connectivity index (χ3v) is 5.47. The van der Waals surface area contributed by atoms with Crippen molar-refractivity contribution in [3.05, 3.63) is 0 Å². The predicted molar refractivity (Wildman–Crippen MR) is 121 cm³/mol. The maximum atomic E-state index is 12.8. The molecule has 0 saturated carbocycles. The highest BCUT2D eigenvalue weighted by molar-refractivity contribution is 7.98. The largest absolute Gasteiger partial charge is 0.480 e. The molecular formula is C19H34N6O7S. The highest BCUT2D eigenvalue weighted by Gasteiger charge is 2.33. The van der Waals surface area contributed by atoms with Gasteiger partial charge < -0.3 is 38.3 Å². The summed E-state index contributed by atoms with van der Waals surface area (Å²) in [6.45, 7) is 3.37. The summed E-state index contributed by atoms with van der Waals surface area (Å²) in [7, 11) is 0. The number of carboxylic acid groups (broad SMARTS) is 1. The number of amides is 5. The van der Waals surface area contributed by atoms with Crippen LogP contribution >= 0.6 is 11.8 Å². The summed E-state index contributed by atoms with van der Waals surface area (Å²) in [5.41, 5.74) is 16.0. The molecule has 0 aromatic rings. The van der Waals surface area contributed by atoms with Gasteiger partial charge in [0, 0.05) is 0 Å². The number of rotatable bonds is 16. The van der Waals surface area contributed by atoms with Crippen molar-refractivity contribution in [3.8, 4) is 0 Å². The van der Waals surface area contributed by atoms with Gasteiger partial charge in [-0.05, 0) is 24.3 Å². The fraction of sp³-hybridized carbons (Fsp3) is 0.684. The number of hydrogen-bond donors (Lipinski definition) is 7. The summed E-state index contributed by atoms with van der Waals surface area (Å²) >= 11 is 1.48. The number of nitrogens with two attached hydrogens (primary N) is 3. The van der Waals surface area contributed by atoms with Crippen molar-refractivity contribution in [2.45, 2.75) is 63.7 Å². The van der Waals surface area contributed by atoms with Gasteiger partial charge >= 0.3 is 5.97 Å². The van der Waals surface area contributed by atoms with Crippen molar-refractivity contribution >= 4 is 47.3 Å². The molecule has 0 aliphatic carbocycles. The fourth-order valence-electron chi connectivity index (χ4n) is 2.68. The molecule has 0 aromatic carbocycles. The predicted octanol–water partition coefficient (Wildman–Crippen LogP) is -2.60. The smallest absolute Gasteiger partial charge is 0.326 e. The maximum Gasteiger partial charge on any atom is 0.326 e.